The van der Waals surface area contributed by atoms with Gasteiger partial charge in [0.15, 0.2) is 11.6 Å². The van der Waals surface area contributed by atoms with E-state index in [4.69, 9.17) is 29.4 Å². The number of Topliss-reactive ketones (excluding diaryl/α,β-unsaturated/α-hetero) is 2. The Bertz CT molecular complexity index is 2530. The van der Waals surface area contributed by atoms with Crippen molar-refractivity contribution in [2.45, 2.75) is 170 Å². The van der Waals surface area contributed by atoms with Gasteiger partial charge < -0.3 is 19.4 Å². The fourth-order valence-corrected chi connectivity index (χ4v) is 10.3. The summed E-state index contributed by atoms with van der Waals surface area (Å²) in [5.74, 6) is -1.17. The summed E-state index contributed by atoms with van der Waals surface area (Å²) in [6, 6.07) is 5.67. The van der Waals surface area contributed by atoms with E-state index in [1.807, 2.05) is 58.0 Å². The molecular weight excluding hydrogens is 837 g/mol. The topological polar surface area (TPSA) is 141 Å². The van der Waals surface area contributed by atoms with Gasteiger partial charge in [-0.15, -0.1) is 22.1 Å². The molecule has 66 heavy (non-hydrogen) atoms. The van der Waals surface area contributed by atoms with Gasteiger partial charge in [-0.05, 0) is 88.8 Å². The fraction of sp³-hybridized carbons (Fsp3) is 0.564. The van der Waals surface area contributed by atoms with Crippen LogP contribution in [0.15, 0.2) is 35.9 Å². The van der Waals surface area contributed by atoms with Gasteiger partial charge in [0.1, 0.15) is 12.5 Å². The zero-order valence-electron chi connectivity index (χ0n) is 41.9. The Morgan fingerprint density at radius 3 is 2.09 bits per heavy atom. The third kappa shape index (κ3) is 11.7. The predicted molar refractivity (Wildman–Crippen MR) is 265 cm³/mol. The number of carbonyl (C=O) groups excluding carboxylic acids is 4. The summed E-state index contributed by atoms with van der Waals surface area (Å²) < 4.78 is 11.0. The van der Waals surface area contributed by atoms with Gasteiger partial charge in [-0.3, -0.25) is 29.1 Å². The Kier molecular flexibility index (Phi) is 18.4. The van der Waals surface area contributed by atoms with Gasteiger partial charge in [-0.25, -0.2) is 0 Å². The third-order valence-corrected chi connectivity index (χ3v) is 14.4. The largest absolute Gasteiger partial charge is 2.00 e. The van der Waals surface area contributed by atoms with Crippen LogP contribution in [-0.2, 0) is 19.1 Å². The number of hydrogen-bond acceptors (Lipinski definition) is 8. The quantitative estimate of drug-likeness (QED) is 0.0375. The van der Waals surface area contributed by atoms with Crippen molar-refractivity contribution in [3.8, 4) is 0 Å². The number of carbonyl (C=O) groups is 4. The molecule has 6 atom stereocenters. The van der Waals surface area contributed by atoms with E-state index in [0.717, 1.165) is 41.5 Å². The first-order valence-corrected chi connectivity index (χ1v) is 24.2. The van der Waals surface area contributed by atoms with Gasteiger partial charge in [0.2, 0.25) is 0 Å². The molecule has 8 bridgehead atoms. The van der Waals surface area contributed by atoms with Crippen molar-refractivity contribution in [1.29, 1.82) is 0 Å². The zero-order chi connectivity index (χ0) is 47.3. The molecule has 0 amide bonds. The van der Waals surface area contributed by atoms with E-state index in [-0.39, 0.29) is 71.4 Å². The zero-order valence-corrected chi connectivity index (χ0v) is 43.3. The number of fused-ring (bicyclic) bond motifs is 8. The SMILES string of the molecule is C/C=C1\c2cc3[n-]c4c(c3C)C(=O)[C@H](C(=O)OC)c4c3nc(cc4[n-]c(cc(n2)C1C)c(C(C)=O)c4C)[C@@H](C)[C@@H]3CCC(=O)OC/C=C(\C)CCC[C@H](C)CCC[C@H](C)CCCC(C)C.[Mg+2]. The molecule has 3 aromatic rings. The number of hydrogen-bond donors (Lipinski definition) is 0. The van der Waals surface area contributed by atoms with E-state index >= 15 is 0 Å². The van der Waals surface area contributed by atoms with Crippen molar-refractivity contribution >= 4 is 74.2 Å². The summed E-state index contributed by atoms with van der Waals surface area (Å²) in [4.78, 5) is 74.8. The molecule has 0 N–H and O–H groups in total. The minimum Gasteiger partial charge on any atom is -0.657 e. The number of aryl methyl sites for hydroxylation is 2. The number of aromatic nitrogens is 4. The first-order chi connectivity index (χ1) is 30.9. The number of ether oxygens (including phenoxy) is 2. The molecule has 11 heteroatoms. The Balaban J connectivity index is 0.00000817. The molecule has 5 heterocycles. The number of esters is 2. The third-order valence-electron chi connectivity index (χ3n) is 14.4. The van der Waals surface area contributed by atoms with Crippen LogP contribution in [0.1, 0.15) is 217 Å². The number of rotatable bonds is 19. The average Bonchev–Trinajstić information content (AvgIpc) is 4.00. The number of allylic oxidation sites excluding steroid dienone is 3. The van der Waals surface area contributed by atoms with Crippen LogP contribution in [0.3, 0.4) is 0 Å². The molecule has 0 saturated heterocycles. The second kappa shape index (κ2) is 23.1. The summed E-state index contributed by atoms with van der Waals surface area (Å²) in [5.41, 5.74) is 9.66. The second-order valence-electron chi connectivity index (χ2n) is 19.8. The first-order valence-electron chi connectivity index (χ1n) is 24.2. The Morgan fingerprint density at radius 2 is 1.45 bits per heavy atom. The van der Waals surface area contributed by atoms with Gasteiger partial charge in [-0.1, -0.05) is 127 Å². The molecule has 3 aliphatic rings. The second-order valence-corrected chi connectivity index (χ2v) is 19.8. The van der Waals surface area contributed by atoms with E-state index in [1.54, 1.807) is 6.92 Å². The molecule has 10 nitrogen and oxygen atoms in total. The van der Waals surface area contributed by atoms with E-state index in [9.17, 15) is 19.2 Å². The van der Waals surface area contributed by atoms with Crippen LogP contribution in [0.25, 0.3) is 27.6 Å². The van der Waals surface area contributed by atoms with E-state index < -0.39 is 11.9 Å². The van der Waals surface area contributed by atoms with Crippen molar-refractivity contribution in [2.75, 3.05) is 13.7 Å². The average molecular weight is 910 g/mol. The van der Waals surface area contributed by atoms with Crippen molar-refractivity contribution < 1.29 is 28.7 Å². The molecule has 0 aromatic carbocycles. The van der Waals surface area contributed by atoms with Crippen LogP contribution in [-0.4, -0.2) is 70.2 Å². The van der Waals surface area contributed by atoms with E-state index in [1.165, 1.54) is 57.6 Å². The molecule has 0 radical (unpaired) electrons. The maximum Gasteiger partial charge on any atom is 2.00 e. The Hall–Kier alpha value is -4.35. The van der Waals surface area contributed by atoms with Crippen LogP contribution in [0, 0.1) is 31.6 Å². The summed E-state index contributed by atoms with van der Waals surface area (Å²) >= 11 is 0. The monoisotopic (exact) mass is 909 g/mol. The van der Waals surface area contributed by atoms with Crippen molar-refractivity contribution in [3.63, 3.8) is 0 Å². The van der Waals surface area contributed by atoms with Crippen LogP contribution in [0.5, 0.6) is 0 Å². The fourth-order valence-electron chi connectivity index (χ4n) is 10.3. The number of nitrogens with zero attached hydrogens (tertiary/aromatic N) is 4. The molecular formula is C55H72MgN4O6. The van der Waals surface area contributed by atoms with Crippen LogP contribution < -0.4 is 9.97 Å². The van der Waals surface area contributed by atoms with Crippen LogP contribution in [0.2, 0.25) is 0 Å². The molecule has 0 fully saturated rings. The Labute approximate surface area is 409 Å². The van der Waals surface area contributed by atoms with Gasteiger partial charge in [0.05, 0.1) is 12.8 Å². The molecule has 3 aromatic heterocycles. The minimum atomic E-state index is -1.26. The standard InChI is InChI=1S/C55H73N4O6.Mg/c1-13-39-34(7)41-29-46-48(38(11)60)36(9)43(57-46)27-42-35(8)40(52(58-42)50-51(55(63)64-12)54(62)49-37(10)44(59-53(49)50)28-45(39)56-41)23-24-47(61)65-26-25-33(6)22-16-21-32(5)20-15-19-31(4)18-14-17-30(2)3;/h13,25,27-32,34-35,40,51H,14-24,26H2,1-12H3,(H-,56,57,58,59,60,62);/q-1;+2/p-1/b33-25+,39-13-;/t31-,32-,34?,35+,40+,51-;/m1./s1. The van der Waals surface area contributed by atoms with Gasteiger partial charge in [-0.2, -0.15) is 0 Å². The molecule has 2 aliphatic heterocycles. The molecule has 350 valence electrons. The molecule has 1 aliphatic carbocycles. The first kappa shape index (κ1) is 52.6. The minimum absolute atomic E-state index is 0. The Morgan fingerprint density at radius 1 is 0.818 bits per heavy atom. The van der Waals surface area contributed by atoms with Gasteiger partial charge in [0.25, 0.3) is 0 Å². The summed E-state index contributed by atoms with van der Waals surface area (Å²) in [7, 11) is 1.28. The van der Waals surface area contributed by atoms with Crippen LogP contribution >= 0.6 is 0 Å². The molecule has 0 saturated carbocycles. The number of ketones is 2. The summed E-state index contributed by atoms with van der Waals surface area (Å²) in [6.45, 7) is 23.0. The normalized spacial score (nSPS) is 19.6. The predicted octanol–water partition coefficient (Wildman–Crippen LogP) is 12.3. The summed E-state index contributed by atoms with van der Waals surface area (Å²) in [6.07, 6.45) is 15.7. The van der Waals surface area contributed by atoms with E-state index in [0.29, 0.717) is 73.7 Å². The van der Waals surface area contributed by atoms with Crippen molar-refractivity contribution in [3.05, 3.63) is 86.5 Å². The van der Waals surface area contributed by atoms with Crippen molar-refractivity contribution in [1.82, 2.24) is 19.9 Å². The van der Waals surface area contributed by atoms with Crippen LogP contribution in [0.4, 0.5) is 0 Å². The van der Waals surface area contributed by atoms with E-state index in [2.05, 4.69) is 41.5 Å². The maximum atomic E-state index is 14.4. The maximum absolute atomic E-state index is 14.4. The summed E-state index contributed by atoms with van der Waals surface area (Å²) in [5, 5.41) is 0. The van der Waals surface area contributed by atoms with Gasteiger partial charge in [0, 0.05) is 52.4 Å². The molecule has 6 rings (SSSR count). The molecule has 1 unspecified atom stereocenters. The van der Waals surface area contributed by atoms with Crippen molar-refractivity contribution in [2.24, 2.45) is 17.8 Å². The number of methoxy groups -OCH3 is 1. The smallest absolute Gasteiger partial charge is 0.657 e. The molecule has 0 spiro atoms. The van der Waals surface area contributed by atoms with Gasteiger partial charge >= 0.3 is 35.0 Å².